The minimum atomic E-state index is -0.429. The number of aryl methyl sites for hydroxylation is 2. The number of fused-ring (bicyclic) bond motifs is 2. The van der Waals surface area contributed by atoms with Gasteiger partial charge in [0.15, 0.2) is 0 Å². The molecule has 0 amide bonds. The number of nitrogens with zero attached hydrogens (tertiary/aromatic N) is 6. The first kappa shape index (κ1) is 28.2. The summed E-state index contributed by atoms with van der Waals surface area (Å²) < 4.78 is 16.1. The summed E-state index contributed by atoms with van der Waals surface area (Å²) in [5.41, 5.74) is 2.04. The number of nitrogens with one attached hydrogen (secondary N) is 2. The molecular formula is C28H28N8O6. The molecule has 0 unspecified atom stereocenters. The van der Waals surface area contributed by atoms with Gasteiger partial charge in [0, 0.05) is 14.1 Å². The number of hydrogen-bond acceptors (Lipinski definition) is 8. The molecule has 4 heterocycles. The second kappa shape index (κ2) is 12.4. The molecule has 0 aliphatic carbocycles. The third-order valence-corrected chi connectivity index (χ3v) is 6.45. The van der Waals surface area contributed by atoms with Crippen molar-refractivity contribution >= 4 is 22.1 Å². The zero-order chi connectivity index (χ0) is 29.6. The molecule has 6 rings (SSSR count). The first-order valence-electron chi connectivity index (χ1n) is 12.9. The van der Waals surface area contributed by atoms with Crippen molar-refractivity contribution in [1.29, 1.82) is 0 Å². The minimum absolute atomic E-state index is 0.0247. The Morgan fingerprint density at radius 3 is 1.83 bits per heavy atom. The quantitative estimate of drug-likeness (QED) is 0.275. The van der Waals surface area contributed by atoms with Gasteiger partial charge in [-0.1, -0.05) is 60.7 Å². The van der Waals surface area contributed by atoms with Crippen molar-refractivity contribution in [2.45, 2.75) is 26.7 Å². The van der Waals surface area contributed by atoms with Crippen molar-refractivity contribution in [2.24, 2.45) is 14.1 Å². The summed E-state index contributed by atoms with van der Waals surface area (Å²) in [6, 6.07) is 19.3. The van der Waals surface area contributed by atoms with Crippen molar-refractivity contribution in [3.63, 3.8) is 0 Å². The van der Waals surface area contributed by atoms with Gasteiger partial charge in [-0.25, -0.2) is 19.0 Å². The molecule has 14 nitrogen and oxygen atoms in total. The molecule has 42 heavy (non-hydrogen) atoms. The maximum atomic E-state index is 12.4. The molecule has 14 heteroatoms. The average molecular weight is 573 g/mol. The highest BCUT2D eigenvalue weighted by molar-refractivity contribution is 5.73. The van der Waals surface area contributed by atoms with Crippen LogP contribution in [-0.4, -0.2) is 38.7 Å². The van der Waals surface area contributed by atoms with E-state index in [-0.39, 0.29) is 30.2 Å². The fourth-order valence-corrected chi connectivity index (χ4v) is 4.26. The third kappa shape index (κ3) is 6.04. The highest BCUT2D eigenvalue weighted by atomic mass is 16.5. The van der Waals surface area contributed by atoms with Gasteiger partial charge >= 0.3 is 11.4 Å². The predicted molar refractivity (Wildman–Crippen MR) is 154 cm³/mol. The molecule has 0 fully saturated rings. The van der Waals surface area contributed by atoms with Gasteiger partial charge in [-0.15, -0.1) is 0 Å². The van der Waals surface area contributed by atoms with E-state index in [2.05, 4.69) is 20.2 Å². The van der Waals surface area contributed by atoms with Crippen molar-refractivity contribution < 1.29 is 9.47 Å². The van der Waals surface area contributed by atoms with Crippen LogP contribution in [0.15, 0.2) is 92.2 Å². The molecule has 2 N–H and O–H groups in total. The summed E-state index contributed by atoms with van der Waals surface area (Å²) in [7, 11) is 3.18. The summed E-state index contributed by atoms with van der Waals surface area (Å²) in [4.78, 5) is 52.3. The van der Waals surface area contributed by atoms with Crippen LogP contribution in [0.4, 0.5) is 0 Å². The molecule has 0 bridgehead atoms. The van der Waals surface area contributed by atoms with Crippen molar-refractivity contribution in [3.8, 4) is 0 Å². The molecule has 0 radical (unpaired) electrons. The number of ether oxygens (including phenoxy) is 2. The van der Waals surface area contributed by atoms with E-state index >= 15 is 0 Å². The van der Waals surface area contributed by atoms with E-state index in [0.717, 1.165) is 15.8 Å². The SMILES string of the molecule is Cn1c(=O)n(C)c2c(=O)n(COCc3ccccc3)ncc21.O=c1[nH]c2cnn(COCc3ccccc3)c(=O)c2[nH]1. The Morgan fingerprint density at radius 1 is 0.690 bits per heavy atom. The Kier molecular flexibility index (Phi) is 8.36. The number of aromatic amines is 2. The lowest BCUT2D eigenvalue weighted by atomic mass is 10.2. The molecule has 6 aromatic rings. The molecule has 0 saturated heterocycles. The summed E-state index contributed by atoms with van der Waals surface area (Å²) in [6.45, 7) is 0.834. The van der Waals surface area contributed by atoms with Crippen LogP contribution >= 0.6 is 0 Å². The zero-order valence-electron chi connectivity index (χ0n) is 22.9. The van der Waals surface area contributed by atoms with Gasteiger partial charge in [0.25, 0.3) is 11.1 Å². The van der Waals surface area contributed by atoms with Crippen molar-refractivity contribution in [2.75, 3.05) is 0 Å². The Bertz CT molecular complexity index is 2050. The number of imidazole rings is 2. The number of H-pyrrole nitrogens is 2. The molecule has 0 aliphatic heterocycles. The normalized spacial score (nSPS) is 11.1. The molecule has 0 aliphatic rings. The second-order valence-corrected chi connectivity index (χ2v) is 9.33. The fraction of sp³-hybridized carbons (Fsp3) is 0.214. The molecule has 2 aromatic carbocycles. The lowest BCUT2D eigenvalue weighted by Gasteiger charge is -2.06. The van der Waals surface area contributed by atoms with Crippen LogP contribution < -0.4 is 22.5 Å². The van der Waals surface area contributed by atoms with Gasteiger partial charge in [-0.2, -0.15) is 10.2 Å². The topological polar surface area (TPSA) is 164 Å². The van der Waals surface area contributed by atoms with Gasteiger partial charge < -0.3 is 19.4 Å². The van der Waals surface area contributed by atoms with Gasteiger partial charge in [0.1, 0.15) is 24.5 Å². The lowest BCUT2D eigenvalue weighted by molar-refractivity contribution is 0.0532. The molecule has 0 atom stereocenters. The third-order valence-electron chi connectivity index (χ3n) is 6.45. The van der Waals surface area contributed by atoms with E-state index < -0.39 is 11.2 Å². The van der Waals surface area contributed by atoms with Crippen LogP contribution in [-0.2, 0) is 50.2 Å². The minimum Gasteiger partial charge on any atom is -0.354 e. The van der Waals surface area contributed by atoms with Gasteiger partial charge in [-0.05, 0) is 11.1 Å². The summed E-state index contributed by atoms with van der Waals surface area (Å²) >= 11 is 0. The molecule has 0 spiro atoms. The zero-order valence-corrected chi connectivity index (χ0v) is 22.9. The Hall–Kier alpha value is -5.34. The standard InChI is InChI=1S/C15H16N4O3.C13H12N4O3/c1-17-12-8-16-19(14(20)13(12)18(2)15(17)21)10-22-9-11-6-4-3-5-7-11;18-12-11-10(15-13(19)16-11)6-14-17(12)8-20-7-9-4-2-1-3-5-9/h3-8H,9-10H2,1-2H3;1-6H,7-8H2,(H2,15,16,19). The summed E-state index contributed by atoms with van der Waals surface area (Å²) in [6.07, 6.45) is 2.92. The molecule has 0 saturated carbocycles. The van der Waals surface area contributed by atoms with Crippen LogP contribution in [0.25, 0.3) is 22.1 Å². The predicted octanol–water partition coefficient (Wildman–Crippen LogP) is 1.20. The Balaban J connectivity index is 0.000000169. The molecular weight excluding hydrogens is 544 g/mol. The largest absolute Gasteiger partial charge is 0.354 e. The van der Waals surface area contributed by atoms with Gasteiger partial charge in [0.05, 0.1) is 36.6 Å². The van der Waals surface area contributed by atoms with Gasteiger partial charge in [0.2, 0.25) is 0 Å². The first-order chi connectivity index (χ1) is 20.3. The number of aromatic nitrogens is 8. The highest BCUT2D eigenvalue weighted by Gasteiger charge is 2.14. The van der Waals surface area contributed by atoms with E-state index in [1.165, 1.54) is 26.2 Å². The van der Waals surface area contributed by atoms with E-state index in [9.17, 15) is 19.2 Å². The molecule has 216 valence electrons. The highest BCUT2D eigenvalue weighted by Crippen LogP contribution is 2.05. The summed E-state index contributed by atoms with van der Waals surface area (Å²) in [5, 5.41) is 8.00. The Labute approximate surface area is 237 Å². The fourth-order valence-electron chi connectivity index (χ4n) is 4.26. The van der Waals surface area contributed by atoms with E-state index in [1.807, 2.05) is 60.7 Å². The maximum absolute atomic E-state index is 12.4. The Morgan fingerprint density at radius 2 is 1.24 bits per heavy atom. The van der Waals surface area contributed by atoms with Crippen LogP contribution in [0.3, 0.4) is 0 Å². The lowest BCUT2D eigenvalue weighted by Crippen LogP contribution is -2.26. The smallest absolute Gasteiger partial charge is 0.328 e. The number of benzene rings is 2. The second-order valence-electron chi connectivity index (χ2n) is 9.33. The number of hydrogen-bond donors (Lipinski definition) is 2. The van der Waals surface area contributed by atoms with Crippen LogP contribution in [0.2, 0.25) is 0 Å². The van der Waals surface area contributed by atoms with E-state index in [0.29, 0.717) is 29.8 Å². The monoisotopic (exact) mass is 572 g/mol. The number of rotatable bonds is 8. The van der Waals surface area contributed by atoms with Crippen LogP contribution in [0.1, 0.15) is 11.1 Å². The van der Waals surface area contributed by atoms with Crippen molar-refractivity contribution in [3.05, 3.63) is 126 Å². The average Bonchev–Trinajstić information content (AvgIpc) is 3.50. The van der Waals surface area contributed by atoms with E-state index in [4.69, 9.17) is 9.47 Å². The van der Waals surface area contributed by atoms with Crippen molar-refractivity contribution in [1.82, 2.24) is 38.7 Å². The van der Waals surface area contributed by atoms with Crippen LogP contribution in [0, 0.1) is 0 Å². The van der Waals surface area contributed by atoms with Crippen LogP contribution in [0.5, 0.6) is 0 Å². The van der Waals surface area contributed by atoms with E-state index in [1.54, 1.807) is 14.1 Å². The maximum Gasteiger partial charge on any atom is 0.328 e. The van der Waals surface area contributed by atoms with Gasteiger partial charge in [-0.3, -0.25) is 18.7 Å². The first-order valence-corrected chi connectivity index (χ1v) is 12.9. The molecule has 4 aromatic heterocycles. The summed E-state index contributed by atoms with van der Waals surface area (Å²) in [5.74, 6) is 0.